The first kappa shape index (κ1) is 11.2. The fraction of sp³-hybridized carbons (Fsp3) is 0.300. The fourth-order valence-corrected chi connectivity index (χ4v) is 1.31. The van der Waals surface area contributed by atoms with Crippen molar-refractivity contribution in [2.75, 3.05) is 6.61 Å². The fourth-order valence-electron chi connectivity index (χ4n) is 1.31. The zero-order valence-electron chi connectivity index (χ0n) is 8.49. The van der Waals surface area contributed by atoms with Gasteiger partial charge in [0.1, 0.15) is 0 Å². The highest BCUT2D eigenvalue weighted by Gasteiger charge is 2.20. The Labute approximate surface area is 86.4 Å². The number of aromatic amines is 1. The molecule has 5 nitrogen and oxygen atoms in total. The minimum absolute atomic E-state index is 0.0769. The van der Waals surface area contributed by atoms with Gasteiger partial charge in [-0.3, -0.25) is 9.59 Å². The van der Waals surface area contributed by atoms with Gasteiger partial charge in [-0.05, 0) is 19.4 Å². The van der Waals surface area contributed by atoms with Crippen LogP contribution in [0.1, 0.15) is 43.8 Å². The molecule has 0 bridgehead atoms. The standard InChI is InChI=1S/C10H11NO4/c1-3-15-10(14)9-6(2)7(4-12)11-8(9)5-13/h4-5,11H,3H2,1-2H3. The van der Waals surface area contributed by atoms with Crippen LogP contribution in [0.15, 0.2) is 0 Å². The lowest BCUT2D eigenvalue weighted by Gasteiger charge is -2.01. The average Bonchev–Trinajstić information content (AvgIpc) is 2.55. The summed E-state index contributed by atoms with van der Waals surface area (Å²) in [6.45, 7) is 3.47. The SMILES string of the molecule is CCOC(=O)c1c(C=O)[nH]c(C=O)c1C. The van der Waals surface area contributed by atoms with E-state index in [-0.39, 0.29) is 23.6 Å². The van der Waals surface area contributed by atoms with Crippen molar-refractivity contribution in [2.45, 2.75) is 13.8 Å². The first-order chi connectivity index (χ1) is 7.15. The van der Waals surface area contributed by atoms with Crippen LogP contribution in [0.4, 0.5) is 0 Å². The summed E-state index contributed by atoms with van der Waals surface area (Å²) in [4.78, 5) is 35.3. The molecule has 0 radical (unpaired) electrons. The van der Waals surface area contributed by atoms with Crippen LogP contribution in [-0.2, 0) is 4.74 Å². The van der Waals surface area contributed by atoms with Gasteiger partial charge < -0.3 is 9.72 Å². The van der Waals surface area contributed by atoms with E-state index in [9.17, 15) is 14.4 Å². The molecule has 0 fully saturated rings. The van der Waals surface area contributed by atoms with Gasteiger partial charge in [0, 0.05) is 0 Å². The molecular weight excluding hydrogens is 198 g/mol. The first-order valence-electron chi connectivity index (χ1n) is 4.45. The summed E-state index contributed by atoms with van der Waals surface area (Å²) in [5.74, 6) is -0.596. The zero-order valence-corrected chi connectivity index (χ0v) is 8.49. The quantitative estimate of drug-likeness (QED) is 0.595. The third kappa shape index (κ3) is 1.96. The Kier molecular flexibility index (Phi) is 3.38. The number of hydrogen-bond donors (Lipinski definition) is 1. The molecule has 1 aromatic heterocycles. The molecule has 1 heterocycles. The highest BCUT2D eigenvalue weighted by atomic mass is 16.5. The third-order valence-corrected chi connectivity index (χ3v) is 2.03. The molecule has 80 valence electrons. The topological polar surface area (TPSA) is 76.2 Å². The molecule has 0 saturated carbocycles. The van der Waals surface area contributed by atoms with E-state index in [1.807, 2.05) is 0 Å². The Morgan fingerprint density at radius 1 is 1.33 bits per heavy atom. The van der Waals surface area contributed by atoms with Gasteiger partial charge in [0.05, 0.1) is 23.6 Å². The smallest absolute Gasteiger partial charge is 0.340 e. The number of carbonyl (C=O) groups excluding carboxylic acids is 3. The summed E-state index contributed by atoms with van der Waals surface area (Å²) < 4.78 is 4.78. The number of ether oxygens (including phenoxy) is 1. The lowest BCUT2D eigenvalue weighted by atomic mass is 10.1. The van der Waals surface area contributed by atoms with E-state index in [1.54, 1.807) is 13.8 Å². The number of nitrogens with one attached hydrogen (secondary N) is 1. The molecule has 0 aromatic carbocycles. The second kappa shape index (κ2) is 4.54. The van der Waals surface area contributed by atoms with Crippen molar-refractivity contribution in [1.29, 1.82) is 0 Å². The molecule has 0 atom stereocenters. The minimum atomic E-state index is -0.596. The largest absolute Gasteiger partial charge is 0.462 e. The maximum Gasteiger partial charge on any atom is 0.340 e. The van der Waals surface area contributed by atoms with Crippen LogP contribution in [0.3, 0.4) is 0 Å². The van der Waals surface area contributed by atoms with E-state index in [4.69, 9.17) is 4.74 Å². The molecule has 5 heteroatoms. The monoisotopic (exact) mass is 209 g/mol. The van der Waals surface area contributed by atoms with E-state index in [1.165, 1.54) is 0 Å². The van der Waals surface area contributed by atoms with Gasteiger partial charge in [-0.25, -0.2) is 4.79 Å². The Bertz CT molecular complexity index is 406. The molecule has 1 aromatic rings. The van der Waals surface area contributed by atoms with Crippen molar-refractivity contribution in [3.63, 3.8) is 0 Å². The predicted molar refractivity (Wildman–Crippen MR) is 52.3 cm³/mol. The van der Waals surface area contributed by atoms with Gasteiger partial charge in [-0.2, -0.15) is 0 Å². The Morgan fingerprint density at radius 2 is 1.93 bits per heavy atom. The van der Waals surface area contributed by atoms with Crippen molar-refractivity contribution < 1.29 is 19.1 Å². The van der Waals surface area contributed by atoms with E-state index in [2.05, 4.69) is 4.98 Å². The molecule has 15 heavy (non-hydrogen) atoms. The summed E-state index contributed by atoms with van der Waals surface area (Å²) in [6.07, 6.45) is 1.05. The number of carbonyl (C=O) groups is 3. The maximum absolute atomic E-state index is 11.5. The van der Waals surface area contributed by atoms with Gasteiger partial charge >= 0.3 is 5.97 Å². The number of aromatic nitrogens is 1. The van der Waals surface area contributed by atoms with Gasteiger partial charge in [-0.1, -0.05) is 0 Å². The third-order valence-electron chi connectivity index (χ3n) is 2.03. The molecule has 0 aliphatic rings. The van der Waals surface area contributed by atoms with Crippen LogP contribution in [0.5, 0.6) is 0 Å². The maximum atomic E-state index is 11.5. The van der Waals surface area contributed by atoms with Crippen molar-refractivity contribution in [3.05, 3.63) is 22.5 Å². The van der Waals surface area contributed by atoms with Crippen molar-refractivity contribution in [1.82, 2.24) is 4.98 Å². The molecule has 1 rings (SSSR count). The van der Waals surface area contributed by atoms with Crippen LogP contribution in [0, 0.1) is 6.92 Å². The molecular formula is C10H11NO4. The molecule has 0 unspecified atom stereocenters. The Balaban J connectivity index is 3.25. The van der Waals surface area contributed by atoms with E-state index in [0.717, 1.165) is 0 Å². The van der Waals surface area contributed by atoms with Crippen LogP contribution in [0.2, 0.25) is 0 Å². The van der Waals surface area contributed by atoms with Crippen LogP contribution < -0.4 is 0 Å². The summed E-state index contributed by atoms with van der Waals surface area (Å²) in [5.41, 5.74) is 0.868. The number of esters is 1. The molecule has 0 amide bonds. The minimum Gasteiger partial charge on any atom is -0.462 e. The van der Waals surface area contributed by atoms with E-state index >= 15 is 0 Å². The summed E-state index contributed by atoms with van der Waals surface area (Å²) in [6, 6.07) is 0. The van der Waals surface area contributed by atoms with Gasteiger partial charge in [-0.15, -0.1) is 0 Å². The van der Waals surface area contributed by atoms with Crippen molar-refractivity contribution in [3.8, 4) is 0 Å². The summed E-state index contributed by atoms with van der Waals surface area (Å²) in [5, 5.41) is 0. The van der Waals surface area contributed by atoms with E-state index < -0.39 is 5.97 Å². The number of hydrogen-bond acceptors (Lipinski definition) is 4. The van der Waals surface area contributed by atoms with Crippen molar-refractivity contribution >= 4 is 18.5 Å². The van der Waals surface area contributed by atoms with Crippen LogP contribution >= 0.6 is 0 Å². The molecule has 0 aliphatic carbocycles. The summed E-state index contributed by atoms with van der Waals surface area (Å²) in [7, 11) is 0. The van der Waals surface area contributed by atoms with Crippen LogP contribution in [-0.4, -0.2) is 30.1 Å². The molecule has 0 saturated heterocycles. The van der Waals surface area contributed by atoms with Gasteiger partial charge in [0.25, 0.3) is 0 Å². The van der Waals surface area contributed by atoms with Crippen LogP contribution in [0.25, 0.3) is 0 Å². The number of rotatable bonds is 4. The first-order valence-corrected chi connectivity index (χ1v) is 4.45. The highest BCUT2D eigenvalue weighted by Crippen LogP contribution is 2.16. The normalized spacial score (nSPS) is 9.73. The Morgan fingerprint density at radius 3 is 2.40 bits per heavy atom. The lowest BCUT2D eigenvalue weighted by Crippen LogP contribution is -2.07. The predicted octanol–water partition coefficient (Wildman–Crippen LogP) is 1.12. The van der Waals surface area contributed by atoms with Crippen molar-refractivity contribution in [2.24, 2.45) is 0 Å². The molecule has 1 N–H and O–H groups in total. The lowest BCUT2D eigenvalue weighted by molar-refractivity contribution is 0.0523. The number of H-pyrrole nitrogens is 1. The van der Waals surface area contributed by atoms with E-state index in [0.29, 0.717) is 18.1 Å². The highest BCUT2D eigenvalue weighted by molar-refractivity contribution is 6.01. The second-order valence-electron chi connectivity index (χ2n) is 2.91. The number of aldehydes is 2. The average molecular weight is 209 g/mol. The zero-order chi connectivity index (χ0) is 11.4. The molecule has 0 spiro atoms. The van der Waals surface area contributed by atoms with Gasteiger partial charge in [0.2, 0.25) is 0 Å². The second-order valence-corrected chi connectivity index (χ2v) is 2.91. The summed E-state index contributed by atoms with van der Waals surface area (Å²) >= 11 is 0. The molecule has 0 aliphatic heterocycles. The van der Waals surface area contributed by atoms with Gasteiger partial charge in [0.15, 0.2) is 12.6 Å². The Hall–Kier alpha value is -1.91.